The van der Waals surface area contributed by atoms with Gasteiger partial charge < -0.3 is 10.1 Å². The Morgan fingerprint density at radius 1 is 1.19 bits per heavy atom. The lowest BCUT2D eigenvalue weighted by atomic mass is 9.89. The molecule has 3 heteroatoms. The van der Waals surface area contributed by atoms with Crippen LogP contribution in [-0.2, 0) is 4.74 Å². The van der Waals surface area contributed by atoms with Crippen molar-refractivity contribution in [1.82, 2.24) is 10.2 Å². The number of hydrogen-bond acceptors (Lipinski definition) is 3. The Hall–Kier alpha value is -0.120. The van der Waals surface area contributed by atoms with Crippen LogP contribution in [0.5, 0.6) is 0 Å². The highest BCUT2D eigenvalue weighted by atomic mass is 16.5. The van der Waals surface area contributed by atoms with Crippen molar-refractivity contribution in [2.24, 2.45) is 0 Å². The fourth-order valence-corrected chi connectivity index (χ4v) is 3.03. The van der Waals surface area contributed by atoms with E-state index >= 15 is 0 Å². The molecule has 2 atom stereocenters. The third-order valence-corrected chi connectivity index (χ3v) is 3.90. The molecule has 0 amide bonds. The zero-order chi connectivity index (χ0) is 11.2. The van der Waals surface area contributed by atoms with E-state index < -0.39 is 0 Å². The van der Waals surface area contributed by atoms with Gasteiger partial charge in [-0.3, -0.25) is 4.90 Å². The van der Waals surface area contributed by atoms with Gasteiger partial charge in [0.1, 0.15) is 0 Å². The van der Waals surface area contributed by atoms with Crippen LogP contribution in [0.2, 0.25) is 0 Å². The van der Waals surface area contributed by atoms with Crippen LogP contribution >= 0.6 is 0 Å². The molecule has 2 rings (SSSR count). The normalized spacial score (nSPS) is 32.8. The van der Waals surface area contributed by atoms with Gasteiger partial charge in [0.25, 0.3) is 0 Å². The molecule has 1 aliphatic heterocycles. The first-order valence-corrected chi connectivity index (χ1v) is 6.97. The molecule has 0 aromatic carbocycles. The van der Waals surface area contributed by atoms with Gasteiger partial charge in [-0.1, -0.05) is 19.8 Å². The molecule has 2 unspecified atom stereocenters. The van der Waals surface area contributed by atoms with E-state index in [0.717, 1.165) is 38.4 Å². The smallest absolute Gasteiger partial charge is 0.0594 e. The second-order valence-corrected chi connectivity index (χ2v) is 5.06. The molecule has 1 heterocycles. The molecule has 16 heavy (non-hydrogen) atoms. The maximum absolute atomic E-state index is 5.44. The summed E-state index contributed by atoms with van der Waals surface area (Å²) in [4.78, 5) is 2.65. The fraction of sp³-hybridized carbons (Fsp3) is 1.00. The zero-order valence-electron chi connectivity index (χ0n) is 10.6. The topological polar surface area (TPSA) is 24.5 Å². The van der Waals surface area contributed by atoms with E-state index in [1.54, 1.807) is 0 Å². The molecule has 2 fully saturated rings. The average Bonchev–Trinajstić information content (AvgIpc) is 2.38. The van der Waals surface area contributed by atoms with Gasteiger partial charge in [-0.25, -0.2) is 0 Å². The number of nitrogens with zero attached hydrogens (tertiary/aromatic N) is 1. The van der Waals surface area contributed by atoms with Crippen molar-refractivity contribution in [2.75, 3.05) is 32.8 Å². The number of rotatable bonds is 4. The molecular weight excluding hydrogens is 200 g/mol. The van der Waals surface area contributed by atoms with Gasteiger partial charge in [0, 0.05) is 25.2 Å². The number of morpholine rings is 1. The molecule has 0 radical (unpaired) electrons. The van der Waals surface area contributed by atoms with Crippen LogP contribution < -0.4 is 5.32 Å². The maximum Gasteiger partial charge on any atom is 0.0594 e. The summed E-state index contributed by atoms with van der Waals surface area (Å²) in [6, 6.07) is 1.50. The van der Waals surface area contributed by atoms with Crippen molar-refractivity contribution in [1.29, 1.82) is 0 Å². The van der Waals surface area contributed by atoms with E-state index in [2.05, 4.69) is 17.1 Å². The largest absolute Gasteiger partial charge is 0.379 e. The summed E-state index contributed by atoms with van der Waals surface area (Å²) < 4.78 is 5.44. The lowest BCUT2D eigenvalue weighted by molar-refractivity contribution is -0.000211. The van der Waals surface area contributed by atoms with Crippen molar-refractivity contribution in [3.63, 3.8) is 0 Å². The van der Waals surface area contributed by atoms with Crippen molar-refractivity contribution in [3.8, 4) is 0 Å². The monoisotopic (exact) mass is 226 g/mol. The van der Waals surface area contributed by atoms with Gasteiger partial charge in [-0.2, -0.15) is 0 Å². The molecule has 1 saturated heterocycles. The molecule has 3 nitrogen and oxygen atoms in total. The number of nitrogens with one attached hydrogen (secondary N) is 1. The van der Waals surface area contributed by atoms with Crippen molar-refractivity contribution < 1.29 is 4.74 Å². The van der Waals surface area contributed by atoms with E-state index in [1.165, 1.54) is 38.6 Å². The SMILES string of the molecule is CCCNC1CCCCC1N1CCOCC1. The fourth-order valence-electron chi connectivity index (χ4n) is 3.03. The minimum Gasteiger partial charge on any atom is -0.379 e. The lowest BCUT2D eigenvalue weighted by Crippen LogP contribution is -2.54. The van der Waals surface area contributed by atoms with Crippen molar-refractivity contribution in [3.05, 3.63) is 0 Å². The predicted octanol–water partition coefficient (Wildman–Crippen LogP) is 1.63. The highest BCUT2D eigenvalue weighted by molar-refractivity contribution is 4.88. The van der Waals surface area contributed by atoms with Crippen LogP contribution in [0.1, 0.15) is 39.0 Å². The predicted molar refractivity (Wildman–Crippen MR) is 66.7 cm³/mol. The molecule has 94 valence electrons. The van der Waals surface area contributed by atoms with Gasteiger partial charge in [0.05, 0.1) is 13.2 Å². The Morgan fingerprint density at radius 2 is 1.94 bits per heavy atom. The molecule has 1 N–H and O–H groups in total. The zero-order valence-corrected chi connectivity index (χ0v) is 10.6. The Labute approximate surface area is 99.5 Å². The number of ether oxygens (including phenoxy) is 1. The first-order chi connectivity index (χ1) is 7.92. The minimum absolute atomic E-state index is 0.729. The van der Waals surface area contributed by atoms with Crippen LogP contribution in [0.15, 0.2) is 0 Å². The molecule has 0 bridgehead atoms. The van der Waals surface area contributed by atoms with Crippen LogP contribution in [0, 0.1) is 0 Å². The van der Waals surface area contributed by atoms with Gasteiger partial charge in [0.2, 0.25) is 0 Å². The molecule has 0 aromatic rings. The van der Waals surface area contributed by atoms with E-state index in [4.69, 9.17) is 4.74 Å². The van der Waals surface area contributed by atoms with Gasteiger partial charge in [-0.15, -0.1) is 0 Å². The van der Waals surface area contributed by atoms with Crippen molar-refractivity contribution in [2.45, 2.75) is 51.1 Å². The third-order valence-electron chi connectivity index (χ3n) is 3.90. The Balaban J connectivity index is 1.86. The van der Waals surface area contributed by atoms with Crippen LogP contribution in [-0.4, -0.2) is 49.8 Å². The first-order valence-electron chi connectivity index (χ1n) is 6.97. The van der Waals surface area contributed by atoms with Crippen LogP contribution in [0.4, 0.5) is 0 Å². The number of hydrogen-bond donors (Lipinski definition) is 1. The molecule has 1 saturated carbocycles. The quantitative estimate of drug-likeness (QED) is 0.788. The van der Waals surface area contributed by atoms with E-state index in [9.17, 15) is 0 Å². The van der Waals surface area contributed by atoms with Crippen molar-refractivity contribution >= 4 is 0 Å². The summed E-state index contributed by atoms with van der Waals surface area (Å²) in [6.07, 6.45) is 6.80. The van der Waals surface area contributed by atoms with E-state index in [-0.39, 0.29) is 0 Å². The summed E-state index contributed by atoms with van der Waals surface area (Å²) in [5, 5.41) is 3.74. The molecule has 0 aromatic heterocycles. The third kappa shape index (κ3) is 3.19. The summed E-state index contributed by atoms with van der Waals surface area (Å²) in [6.45, 7) is 7.54. The molecular formula is C13H26N2O. The summed E-state index contributed by atoms with van der Waals surface area (Å²) >= 11 is 0. The second kappa shape index (κ2) is 6.58. The van der Waals surface area contributed by atoms with Gasteiger partial charge >= 0.3 is 0 Å². The highest BCUT2D eigenvalue weighted by Gasteiger charge is 2.30. The van der Waals surface area contributed by atoms with Gasteiger partial charge in [0.15, 0.2) is 0 Å². The van der Waals surface area contributed by atoms with E-state index in [1.807, 2.05) is 0 Å². The Bertz CT molecular complexity index is 192. The average molecular weight is 226 g/mol. The first kappa shape index (κ1) is 12.3. The van der Waals surface area contributed by atoms with E-state index in [0.29, 0.717) is 0 Å². The van der Waals surface area contributed by atoms with Gasteiger partial charge in [-0.05, 0) is 25.8 Å². The molecule has 2 aliphatic rings. The molecule has 0 spiro atoms. The minimum atomic E-state index is 0.729. The highest BCUT2D eigenvalue weighted by Crippen LogP contribution is 2.24. The Kier molecular flexibility index (Phi) is 5.07. The maximum atomic E-state index is 5.44. The molecule has 1 aliphatic carbocycles. The summed E-state index contributed by atoms with van der Waals surface area (Å²) in [5.74, 6) is 0. The second-order valence-electron chi connectivity index (χ2n) is 5.06. The Morgan fingerprint density at radius 3 is 2.69 bits per heavy atom. The standard InChI is InChI=1S/C13H26N2O/c1-2-7-14-12-5-3-4-6-13(12)15-8-10-16-11-9-15/h12-14H,2-11H2,1H3. The lowest BCUT2D eigenvalue weighted by Gasteiger charge is -2.42. The van der Waals surface area contributed by atoms with Crippen LogP contribution in [0.25, 0.3) is 0 Å². The summed E-state index contributed by atoms with van der Waals surface area (Å²) in [5.41, 5.74) is 0. The summed E-state index contributed by atoms with van der Waals surface area (Å²) in [7, 11) is 0. The van der Waals surface area contributed by atoms with Crippen LogP contribution in [0.3, 0.4) is 0 Å².